The number of nitrogens with one attached hydrogen (secondary N) is 1. The number of hydrogen-bond acceptors (Lipinski definition) is 4. The van der Waals surface area contributed by atoms with Crippen molar-refractivity contribution in [3.8, 4) is 17.0 Å². The highest BCUT2D eigenvalue weighted by atomic mass is 19.4. The molecule has 0 fully saturated rings. The van der Waals surface area contributed by atoms with Crippen LogP contribution < -0.4 is 15.0 Å². The van der Waals surface area contributed by atoms with E-state index in [0.717, 1.165) is 23.4 Å². The molecule has 4 rings (SSSR count). The smallest absolute Gasteiger partial charge is 0.416 e. The monoisotopic (exact) mass is 455 g/mol. The molecule has 0 radical (unpaired) electrons. The van der Waals surface area contributed by atoms with Crippen LogP contribution >= 0.6 is 0 Å². The number of aromatic nitrogens is 1. The lowest BCUT2D eigenvalue weighted by atomic mass is 9.92. The molecule has 1 atom stereocenters. The average molecular weight is 455 g/mol. The van der Waals surface area contributed by atoms with Gasteiger partial charge < -0.3 is 15.0 Å². The highest BCUT2D eigenvalue weighted by Crippen LogP contribution is 2.41. The zero-order valence-electron chi connectivity index (χ0n) is 18.5. The molecule has 2 heterocycles. The zero-order chi connectivity index (χ0) is 23.8. The van der Waals surface area contributed by atoms with Crippen LogP contribution in [0.2, 0.25) is 0 Å². The van der Waals surface area contributed by atoms with Crippen molar-refractivity contribution in [2.24, 2.45) is 0 Å². The number of benzene rings is 2. The second kappa shape index (κ2) is 8.42. The summed E-state index contributed by atoms with van der Waals surface area (Å²) in [6, 6.07) is 14.6. The molecule has 1 amide bonds. The van der Waals surface area contributed by atoms with Gasteiger partial charge in [-0.25, -0.2) is 4.98 Å². The maximum atomic E-state index is 13.2. The maximum absolute atomic E-state index is 13.2. The Bertz CT molecular complexity index is 1180. The van der Waals surface area contributed by atoms with Gasteiger partial charge in [-0.1, -0.05) is 24.3 Å². The lowest BCUT2D eigenvalue weighted by molar-refractivity contribution is -0.137. The minimum absolute atomic E-state index is 0.202. The molecule has 0 saturated carbocycles. The van der Waals surface area contributed by atoms with Gasteiger partial charge in [-0.05, 0) is 53.9 Å². The molecule has 1 aromatic heterocycles. The van der Waals surface area contributed by atoms with Crippen LogP contribution in [-0.2, 0) is 23.9 Å². The van der Waals surface area contributed by atoms with Gasteiger partial charge in [-0.2, -0.15) is 13.2 Å². The molecule has 0 saturated heterocycles. The Morgan fingerprint density at radius 2 is 1.88 bits per heavy atom. The van der Waals surface area contributed by atoms with E-state index in [4.69, 9.17) is 4.74 Å². The first-order chi connectivity index (χ1) is 15.6. The van der Waals surface area contributed by atoms with Gasteiger partial charge >= 0.3 is 6.18 Å². The van der Waals surface area contributed by atoms with Crippen LogP contribution in [0.25, 0.3) is 11.1 Å². The Hall–Kier alpha value is -3.55. The number of anilines is 1. The van der Waals surface area contributed by atoms with Gasteiger partial charge in [0.25, 0.3) is 5.91 Å². The van der Waals surface area contributed by atoms with E-state index in [9.17, 15) is 18.0 Å². The summed E-state index contributed by atoms with van der Waals surface area (Å²) in [6.45, 7) is 1.99. The van der Waals surface area contributed by atoms with Crippen LogP contribution in [0.15, 0.2) is 60.8 Å². The van der Waals surface area contributed by atoms with Gasteiger partial charge in [0.05, 0.1) is 5.56 Å². The van der Waals surface area contributed by atoms with Crippen LogP contribution in [-0.4, -0.2) is 30.6 Å². The van der Waals surface area contributed by atoms with Crippen molar-refractivity contribution in [2.45, 2.75) is 31.7 Å². The normalized spacial score (nSPS) is 17.3. The molecular weight excluding hydrogens is 431 g/mol. The van der Waals surface area contributed by atoms with Gasteiger partial charge in [-0.3, -0.25) is 4.79 Å². The molecule has 1 N–H and O–H groups in total. The van der Waals surface area contributed by atoms with E-state index in [1.54, 1.807) is 19.1 Å². The molecule has 172 valence electrons. The Morgan fingerprint density at radius 3 is 2.55 bits per heavy atom. The third-order valence-electron chi connectivity index (χ3n) is 5.74. The second-order valence-electron chi connectivity index (χ2n) is 8.47. The number of hydrogen-bond donors (Lipinski definition) is 1. The first-order valence-corrected chi connectivity index (χ1v) is 10.5. The average Bonchev–Trinajstić information content (AvgIpc) is 3.14. The largest absolute Gasteiger partial charge is 0.461 e. The van der Waals surface area contributed by atoms with E-state index < -0.39 is 17.3 Å². The quantitative estimate of drug-likeness (QED) is 0.598. The van der Waals surface area contributed by atoms with E-state index in [-0.39, 0.29) is 18.2 Å². The number of amides is 1. The Labute approximate surface area is 190 Å². The summed E-state index contributed by atoms with van der Waals surface area (Å²) in [5, 5.41) is 2.90. The lowest BCUT2D eigenvalue weighted by Crippen LogP contribution is -2.47. The molecule has 8 heteroatoms. The summed E-state index contributed by atoms with van der Waals surface area (Å²) < 4.78 is 45.4. The van der Waals surface area contributed by atoms with Gasteiger partial charge in [-0.15, -0.1) is 0 Å². The van der Waals surface area contributed by atoms with Crippen molar-refractivity contribution in [1.29, 1.82) is 0 Å². The molecule has 2 aromatic carbocycles. The number of carbonyl (C=O) groups is 1. The minimum atomic E-state index is -4.44. The van der Waals surface area contributed by atoms with Crippen molar-refractivity contribution in [3.63, 3.8) is 0 Å². The highest BCUT2D eigenvalue weighted by Gasteiger charge is 2.43. The van der Waals surface area contributed by atoms with Crippen LogP contribution in [0, 0.1) is 0 Å². The third kappa shape index (κ3) is 4.65. The number of fused-ring (bicyclic) bond motifs is 1. The van der Waals surface area contributed by atoms with Crippen molar-refractivity contribution >= 4 is 11.6 Å². The van der Waals surface area contributed by atoms with Crippen molar-refractivity contribution < 1.29 is 22.7 Å². The molecule has 0 spiro atoms. The molecule has 3 aromatic rings. The number of halogens is 3. The lowest BCUT2D eigenvalue weighted by Gasteiger charge is -2.22. The molecule has 1 aliphatic heterocycles. The van der Waals surface area contributed by atoms with E-state index in [1.165, 1.54) is 12.3 Å². The van der Waals surface area contributed by atoms with Gasteiger partial charge in [0.15, 0.2) is 5.60 Å². The molecule has 1 aliphatic rings. The SMILES string of the molecule is CN(C)c1ccc(CNC(=O)C2(C)Cc3c(-c4cccc(C(F)(F)F)c4)ccnc3O2)cc1. The highest BCUT2D eigenvalue weighted by molar-refractivity contribution is 5.87. The van der Waals surface area contributed by atoms with Crippen LogP contribution in [0.5, 0.6) is 5.88 Å². The first kappa shape index (κ1) is 22.6. The zero-order valence-corrected chi connectivity index (χ0v) is 18.5. The fraction of sp³-hybridized carbons (Fsp3) is 0.280. The summed E-state index contributed by atoms with van der Waals surface area (Å²) in [4.78, 5) is 19.2. The predicted molar refractivity (Wildman–Crippen MR) is 120 cm³/mol. The number of pyridine rings is 1. The van der Waals surface area contributed by atoms with Gasteiger partial charge in [0.1, 0.15) is 0 Å². The van der Waals surface area contributed by atoms with E-state index in [0.29, 0.717) is 23.2 Å². The molecule has 33 heavy (non-hydrogen) atoms. The molecule has 1 unspecified atom stereocenters. The van der Waals surface area contributed by atoms with E-state index in [2.05, 4.69) is 10.3 Å². The number of nitrogens with zero attached hydrogens (tertiary/aromatic N) is 2. The fourth-order valence-corrected chi connectivity index (χ4v) is 3.86. The topological polar surface area (TPSA) is 54.5 Å². The Kier molecular flexibility index (Phi) is 5.78. The summed E-state index contributed by atoms with van der Waals surface area (Å²) in [5.41, 5.74) is 1.64. The number of carbonyl (C=O) groups excluding carboxylic acids is 1. The van der Waals surface area contributed by atoms with Gasteiger partial charge in [0.2, 0.25) is 5.88 Å². The van der Waals surface area contributed by atoms with E-state index >= 15 is 0 Å². The second-order valence-corrected chi connectivity index (χ2v) is 8.47. The first-order valence-electron chi connectivity index (χ1n) is 10.5. The molecule has 5 nitrogen and oxygen atoms in total. The number of alkyl halides is 3. The standard InChI is InChI=1S/C25H24F3N3O2/c1-24(23(32)30-15-16-7-9-19(10-8-16)31(2)3)14-21-20(11-12-29-22(21)33-24)17-5-4-6-18(13-17)25(26,27)28/h4-13H,14-15H2,1-3H3,(H,30,32). The van der Waals surface area contributed by atoms with Crippen molar-refractivity contribution in [2.75, 3.05) is 19.0 Å². The summed E-state index contributed by atoms with van der Waals surface area (Å²) in [6.07, 6.45) is -2.76. The van der Waals surface area contributed by atoms with Crippen molar-refractivity contribution in [1.82, 2.24) is 10.3 Å². The number of rotatable bonds is 5. The van der Waals surface area contributed by atoms with Crippen LogP contribution in [0.1, 0.15) is 23.6 Å². The Balaban J connectivity index is 1.52. The molecule has 0 aliphatic carbocycles. The predicted octanol–water partition coefficient (Wildman–Crippen LogP) is 4.84. The Morgan fingerprint density at radius 1 is 1.15 bits per heavy atom. The fourth-order valence-electron chi connectivity index (χ4n) is 3.86. The maximum Gasteiger partial charge on any atom is 0.416 e. The van der Waals surface area contributed by atoms with Gasteiger partial charge in [0, 0.05) is 44.5 Å². The number of ether oxygens (including phenoxy) is 1. The molecule has 0 bridgehead atoms. The summed E-state index contributed by atoms with van der Waals surface area (Å²) in [7, 11) is 3.91. The summed E-state index contributed by atoms with van der Waals surface area (Å²) >= 11 is 0. The minimum Gasteiger partial charge on any atom is -0.461 e. The van der Waals surface area contributed by atoms with Crippen LogP contribution in [0.3, 0.4) is 0 Å². The summed E-state index contributed by atoms with van der Waals surface area (Å²) in [5.74, 6) is -0.0509. The van der Waals surface area contributed by atoms with Crippen LogP contribution in [0.4, 0.5) is 18.9 Å². The van der Waals surface area contributed by atoms with E-state index in [1.807, 2.05) is 43.3 Å². The molecular formula is C25H24F3N3O2. The third-order valence-corrected chi connectivity index (χ3v) is 5.74. The van der Waals surface area contributed by atoms with Crippen molar-refractivity contribution in [3.05, 3.63) is 77.5 Å².